The SMILES string of the molecule is Nc1cn(Cc2ccccc2CC(=O)O)cc(Br)c1=O. The number of nitrogen functional groups attached to an aromatic ring is 1. The number of halogens is 1. The van der Waals surface area contributed by atoms with Crippen LogP contribution in [0, 0.1) is 0 Å². The van der Waals surface area contributed by atoms with Gasteiger partial charge in [0.15, 0.2) is 0 Å². The van der Waals surface area contributed by atoms with E-state index in [0.717, 1.165) is 11.1 Å². The third kappa shape index (κ3) is 3.27. The first-order valence-corrected chi connectivity index (χ1v) is 6.70. The molecule has 0 spiro atoms. The van der Waals surface area contributed by atoms with Gasteiger partial charge in [-0.2, -0.15) is 0 Å². The zero-order valence-electron chi connectivity index (χ0n) is 10.5. The van der Waals surface area contributed by atoms with Gasteiger partial charge in [-0.3, -0.25) is 9.59 Å². The number of pyridine rings is 1. The highest BCUT2D eigenvalue weighted by molar-refractivity contribution is 9.10. The Morgan fingerprint density at radius 3 is 2.50 bits per heavy atom. The second-order valence-corrected chi connectivity index (χ2v) is 5.26. The van der Waals surface area contributed by atoms with Gasteiger partial charge in [0.25, 0.3) is 0 Å². The number of nitrogens with zero attached hydrogens (tertiary/aromatic N) is 1. The molecule has 0 atom stereocenters. The molecule has 0 unspecified atom stereocenters. The average molecular weight is 337 g/mol. The normalized spacial score (nSPS) is 10.4. The maximum atomic E-state index is 11.5. The number of anilines is 1. The van der Waals surface area contributed by atoms with E-state index in [1.807, 2.05) is 12.1 Å². The summed E-state index contributed by atoms with van der Waals surface area (Å²) in [6.45, 7) is 0.451. The molecule has 0 bridgehead atoms. The fourth-order valence-corrected chi connectivity index (χ4v) is 2.44. The quantitative estimate of drug-likeness (QED) is 0.892. The van der Waals surface area contributed by atoms with Crippen LogP contribution in [0.25, 0.3) is 0 Å². The molecule has 5 nitrogen and oxygen atoms in total. The average Bonchev–Trinajstić information content (AvgIpc) is 2.37. The second kappa shape index (κ2) is 5.92. The minimum Gasteiger partial charge on any atom is -0.481 e. The Labute approximate surface area is 123 Å². The fourth-order valence-electron chi connectivity index (χ4n) is 1.95. The lowest BCUT2D eigenvalue weighted by molar-refractivity contribution is -0.136. The van der Waals surface area contributed by atoms with E-state index in [4.69, 9.17) is 10.8 Å². The van der Waals surface area contributed by atoms with Crippen LogP contribution in [0.2, 0.25) is 0 Å². The van der Waals surface area contributed by atoms with Crippen LogP contribution in [0.15, 0.2) is 45.9 Å². The molecule has 0 fully saturated rings. The Bertz CT molecular complexity index is 684. The van der Waals surface area contributed by atoms with Gasteiger partial charge in [-0.1, -0.05) is 24.3 Å². The molecule has 20 heavy (non-hydrogen) atoms. The van der Waals surface area contributed by atoms with E-state index in [1.165, 1.54) is 0 Å². The summed E-state index contributed by atoms with van der Waals surface area (Å²) in [5.41, 5.74) is 7.16. The van der Waals surface area contributed by atoms with Gasteiger partial charge in [0.05, 0.1) is 16.6 Å². The largest absolute Gasteiger partial charge is 0.481 e. The Hall–Kier alpha value is -2.08. The molecule has 0 aliphatic heterocycles. The molecule has 1 aromatic carbocycles. The summed E-state index contributed by atoms with van der Waals surface area (Å²) in [6, 6.07) is 7.30. The molecule has 0 aliphatic rings. The minimum absolute atomic E-state index is 0.0347. The van der Waals surface area contributed by atoms with Gasteiger partial charge in [-0.05, 0) is 27.1 Å². The lowest BCUT2D eigenvalue weighted by Gasteiger charge is -2.11. The zero-order valence-corrected chi connectivity index (χ0v) is 12.1. The van der Waals surface area contributed by atoms with E-state index in [9.17, 15) is 9.59 Å². The van der Waals surface area contributed by atoms with Crippen molar-refractivity contribution in [3.63, 3.8) is 0 Å². The first kappa shape index (κ1) is 14.3. The van der Waals surface area contributed by atoms with Gasteiger partial charge in [-0.25, -0.2) is 0 Å². The van der Waals surface area contributed by atoms with Gasteiger partial charge < -0.3 is 15.4 Å². The van der Waals surface area contributed by atoms with Gasteiger partial charge in [0.1, 0.15) is 0 Å². The Morgan fingerprint density at radius 2 is 1.90 bits per heavy atom. The number of carbonyl (C=O) groups is 1. The Morgan fingerprint density at radius 1 is 1.25 bits per heavy atom. The fraction of sp³-hybridized carbons (Fsp3) is 0.143. The molecular weight excluding hydrogens is 324 g/mol. The highest BCUT2D eigenvalue weighted by Gasteiger charge is 2.08. The van der Waals surface area contributed by atoms with Crippen molar-refractivity contribution in [3.8, 4) is 0 Å². The molecule has 104 valence electrons. The van der Waals surface area contributed by atoms with E-state index < -0.39 is 5.97 Å². The summed E-state index contributed by atoms with van der Waals surface area (Å²) < 4.78 is 2.13. The van der Waals surface area contributed by atoms with Crippen molar-refractivity contribution in [3.05, 3.63) is 62.5 Å². The third-order valence-corrected chi connectivity index (χ3v) is 3.44. The Balaban J connectivity index is 2.35. The van der Waals surface area contributed by atoms with Gasteiger partial charge in [0.2, 0.25) is 5.43 Å². The maximum absolute atomic E-state index is 11.5. The first-order valence-electron chi connectivity index (χ1n) is 5.91. The van der Waals surface area contributed by atoms with Crippen LogP contribution in [0.5, 0.6) is 0 Å². The monoisotopic (exact) mass is 336 g/mol. The van der Waals surface area contributed by atoms with E-state index in [1.54, 1.807) is 29.1 Å². The molecule has 2 aromatic rings. The molecule has 3 N–H and O–H groups in total. The lowest BCUT2D eigenvalue weighted by Crippen LogP contribution is -2.14. The molecule has 2 rings (SSSR count). The number of carboxylic acids is 1. The number of aromatic nitrogens is 1. The maximum Gasteiger partial charge on any atom is 0.307 e. The standard InChI is InChI=1S/C14H13BrN2O3/c15-11-7-17(8-12(16)14(11)20)6-10-4-2-1-3-9(10)5-13(18)19/h1-4,7-8H,5-6,16H2,(H,18,19). The molecule has 0 saturated heterocycles. The molecule has 6 heteroatoms. The van der Waals surface area contributed by atoms with Crippen LogP contribution >= 0.6 is 15.9 Å². The number of benzene rings is 1. The summed E-state index contributed by atoms with van der Waals surface area (Å²) in [4.78, 5) is 22.4. The van der Waals surface area contributed by atoms with Crippen LogP contribution in [0.3, 0.4) is 0 Å². The molecular formula is C14H13BrN2O3. The van der Waals surface area contributed by atoms with Gasteiger partial charge >= 0.3 is 5.97 Å². The van der Waals surface area contributed by atoms with Crippen molar-refractivity contribution in [2.24, 2.45) is 0 Å². The second-order valence-electron chi connectivity index (χ2n) is 4.40. The number of nitrogens with two attached hydrogens (primary N) is 1. The minimum atomic E-state index is -0.877. The summed E-state index contributed by atoms with van der Waals surface area (Å²) in [5, 5.41) is 8.91. The molecule has 0 aliphatic carbocycles. The number of hydrogen-bond acceptors (Lipinski definition) is 3. The number of aliphatic carboxylic acids is 1. The topological polar surface area (TPSA) is 85.3 Å². The highest BCUT2D eigenvalue weighted by Crippen LogP contribution is 2.14. The van der Waals surface area contributed by atoms with Crippen LogP contribution < -0.4 is 11.2 Å². The van der Waals surface area contributed by atoms with Crippen molar-refractivity contribution in [2.45, 2.75) is 13.0 Å². The van der Waals surface area contributed by atoms with E-state index in [0.29, 0.717) is 11.0 Å². The predicted molar refractivity (Wildman–Crippen MR) is 79.7 cm³/mol. The van der Waals surface area contributed by atoms with Crippen LogP contribution in [0.4, 0.5) is 5.69 Å². The van der Waals surface area contributed by atoms with Crippen molar-refractivity contribution in [2.75, 3.05) is 5.73 Å². The van der Waals surface area contributed by atoms with Crippen molar-refractivity contribution >= 4 is 27.6 Å². The van der Waals surface area contributed by atoms with E-state index in [2.05, 4.69) is 15.9 Å². The van der Waals surface area contributed by atoms with Crippen molar-refractivity contribution < 1.29 is 9.90 Å². The molecule has 0 amide bonds. The molecule has 1 heterocycles. The van der Waals surface area contributed by atoms with Crippen molar-refractivity contribution in [1.82, 2.24) is 4.57 Å². The number of carboxylic acid groups (broad SMARTS) is 1. The summed E-state index contributed by atoms with van der Waals surface area (Å²) in [7, 11) is 0. The van der Waals surface area contributed by atoms with E-state index in [-0.39, 0.29) is 17.5 Å². The van der Waals surface area contributed by atoms with Crippen LogP contribution in [-0.2, 0) is 17.8 Å². The smallest absolute Gasteiger partial charge is 0.307 e. The number of hydrogen-bond donors (Lipinski definition) is 2. The first-order chi connectivity index (χ1) is 9.47. The molecule has 0 saturated carbocycles. The van der Waals surface area contributed by atoms with Crippen molar-refractivity contribution in [1.29, 1.82) is 0 Å². The van der Waals surface area contributed by atoms with E-state index >= 15 is 0 Å². The highest BCUT2D eigenvalue weighted by atomic mass is 79.9. The van der Waals surface area contributed by atoms with Gasteiger partial charge in [-0.15, -0.1) is 0 Å². The third-order valence-electron chi connectivity index (χ3n) is 2.88. The number of rotatable bonds is 4. The lowest BCUT2D eigenvalue weighted by atomic mass is 10.0. The summed E-state index contributed by atoms with van der Waals surface area (Å²) >= 11 is 3.16. The Kier molecular flexibility index (Phi) is 4.24. The molecule has 1 aromatic heterocycles. The summed E-state index contributed by atoms with van der Waals surface area (Å²) in [5.74, 6) is -0.877. The summed E-state index contributed by atoms with van der Waals surface area (Å²) in [6.07, 6.45) is 3.15. The van der Waals surface area contributed by atoms with Crippen LogP contribution in [-0.4, -0.2) is 15.6 Å². The predicted octanol–water partition coefficient (Wildman–Crippen LogP) is 1.87. The van der Waals surface area contributed by atoms with Crippen LogP contribution in [0.1, 0.15) is 11.1 Å². The zero-order chi connectivity index (χ0) is 14.7. The van der Waals surface area contributed by atoms with Gasteiger partial charge in [0, 0.05) is 18.9 Å². The molecule has 0 radical (unpaired) electrons.